The molecule has 1 rings (SSSR count). The molecule has 20 heavy (non-hydrogen) atoms. The van der Waals surface area contributed by atoms with E-state index in [1.54, 1.807) is 6.08 Å². The van der Waals surface area contributed by atoms with Crippen molar-refractivity contribution in [3.05, 3.63) is 35.9 Å². The minimum Gasteiger partial charge on any atom is -0.399 e. The van der Waals surface area contributed by atoms with Gasteiger partial charge in [0.1, 0.15) is 0 Å². The number of benzene rings is 1. The number of hydrogen-bond acceptors (Lipinski definition) is 2. The van der Waals surface area contributed by atoms with Crippen LogP contribution >= 0.6 is 0 Å². The van der Waals surface area contributed by atoms with E-state index in [1.165, 1.54) is 6.42 Å². The number of nitrogens with zero attached hydrogens (tertiary/aromatic N) is 1. The van der Waals surface area contributed by atoms with Gasteiger partial charge in [0.25, 0.3) is 0 Å². The van der Waals surface area contributed by atoms with E-state index < -0.39 is 0 Å². The molecule has 110 valence electrons. The van der Waals surface area contributed by atoms with Gasteiger partial charge in [0.2, 0.25) is 5.91 Å². The second kappa shape index (κ2) is 8.41. The maximum absolute atomic E-state index is 12.2. The Morgan fingerprint density at radius 3 is 2.45 bits per heavy atom. The van der Waals surface area contributed by atoms with Gasteiger partial charge in [-0.25, -0.2) is 0 Å². The summed E-state index contributed by atoms with van der Waals surface area (Å²) >= 11 is 0. The van der Waals surface area contributed by atoms with Crippen LogP contribution in [0, 0.1) is 0 Å². The fourth-order valence-electron chi connectivity index (χ4n) is 2.03. The van der Waals surface area contributed by atoms with Crippen LogP contribution in [-0.4, -0.2) is 23.4 Å². The van der Waals surface area contributed by atoms with Crippen LogP contribution in [0.1, 0.15) is 45.6 Å². The number of carbonyl (C=O) groups is 1. The van der Waals surface area contributed by atoms with Crippen LogP contribution < -0.4 is 5.73 Å². The fourth-order valence-corrected chi connectivity index (χ4v) is 2.03. The summed E-state index contributed by atoms with van der Waals surface area (Å²) in [7, 11) is 0. The average molecular weight is 274 g/mol. The molecule has 0 aliphatic rings. The monoisotopic (exact) mass is 274 g/mol. The van der Waals surface area contributed by atoms with Gasteiger partial charge in [0, 0.05) is 24.4 Å². The molecule has 0 saturated carbocycles. The standard InChI is InChI=1S/C17H26N2O/c1-4-5-6-13-19(14(2)3)17(20)12-9-15-7-10-16(18)11-8-15/h7-12,14H,4-6,13,18H2,1-3H3/b12-9+. The topological polar surface area (TPSA) is 46.3 Å². The van der Waals surface area contributed by atoms with Gasteiger partial charge in [-0.05, 0) is 44.0 Å². The summed E-state index contributed by atoms with van der Waals surface area (Å²) in [6, 6.07) is 7.73. The summed E-state index contributed by atoms with van der Waals surface area (Å²) in [5, 5.41) is 0. The van der Waals surface area contributed by atoms with E-state index in [0.29, 0.717) is 0 Å². The Morgan fingerprint density at radius 2 is 1.90 bits per heavy atom. The summed E-state index contributed by atoms with van der Waals surface area (Å²) in [5.41, 5.74) is 7.36. The number of rotatable bonds is 7. The smallest absolute Gasteiger partial charge is 0.246 e. The Labute approximate surface area is 122 Å². The molecular formula is C17H26N2O. The van der Waals surface area contributed by atoms with Gasteiger partial charge in [-0.3, -0.25) is 4.79 Å². The van der Waals surface area contributed by atoms with Crippen molar-refractivity contribution in [1.29, 1.82) is 0 Å². The minimum atomic E-state index is 0.0768. The second-order valence-corrected chi connectivity index (χ2v) is 5.33. The van der Waals surface area contributed by atoms with Gasteiger partial charge in [-0.1, -0.05) is 31.9 Å². The average Bonchev–Trinajstić information content (AvgIpc) is 2.42. The number of amides is 1. The highest BCUT2D eigenvalue weighted by atomic mass is 16.2. The summed E-state index contributed by atoms with van der Waals surface area (Å²) in [6.07, 6.45) is 6.89. The van der Waals surface area contributed by atoms with E-state index in [9.17, 15) is 4.79 Å². The number of hydrogen-bond donors (Lipinski definition) is 1. The quantitative estimate of drug-likeness (QED) is 0.468. The lowest BCUT2D eigenvalue weighted by atomic mass is 10.2. The third-order valence-electron chi connectivity index (χ3n) is 3.26. The molecule has 2 N–H and O–H groups in total. The van der Waals surface area contributed by atoms with Crippen LogP contribution in [0.2, 0.25) is 0 Å². The number of nitrogen functional groups attached to an aromatic ring is 1. The fraction of sp³-hybridized carbons (Fsp3) is 0.471. The van der Waals surface area contributed by atoms with Gasteiger partial charge in [0.15, 0.2) is 0 Å². The SMILES string of the molecule is CCCCCN(C(=O)/C=C/c1ccc(N)cc1)C(C)C. The summed E-state index contributed by atoms with van der Waals surface area (Å²) in [5.74, 6) is 0.0768. The van der Waals surface area contributed by atoms with Crippen LogP contribution in [-0.2, 0) is 4.79 Å². The maximum atomic E-state index is 12.2. The van der Waals surface area contributed by atoms with Crippen LogP contribution in [0.25, 0.3) is 6.08 Å². The largest absolute Gasteiger partial charge is 0.399 e. The van der Waals surface area contributed by atoms with E-state index in [4.69, 9.17) is 5.73 Å². The van der Waals surface area contributed by atoms with Crippen LogP contribution in [0.3, 0.4) is 0 Å². The Hall–Kier alpha value is -1.77. The molecule has 3 heteroatoms. The van der Waals surface area contributed by atoms with Gasteiger partial charge < -0.3 is 10.6 Å². The molecule has 0 spiro atoms. The van der Waals surface area contributed by atoms with Crippen molar-refractivity contribution in [2.24, 2.45) is 0 Å². The van der Waals surface area contributed by atoms with Crippen molar-refractivity contribution < 1.29 is 4.79 Å². The lowest BCUT2D eigenvalue weighted by Crippen LogP contribution is -2.36. The van der Waals surface area contributed by atoms with Gasteiger partial charge in [0.05, 0.1) is 0 Å². The zero-order valence-electron chi connectivity index (χ0n) is 12.8. The Bertz CT molecular complexity index is 435. The first kappa shape index (κ1) is 16.3. The highest BCUT2D eigenvalue weighted by Gasteiger charge is 2.13. The molecule has 1 amide bonds. The third kappa shape index (κ3) is 5.47. The summed E-state index contributed by atoms with van der Waals surface area (Å²) in [4.78, 5) is 14.2. The highest BCUT2D eigenvalue weighted by molar-refractivity contribution is 5.92. The molecule has 0 fully saturated rings. The molecule has 0 bridgehead atoms. The highest BCUT2D eigenvalue weighted by Crippen LogP contribution is 2.09. The Balaban J connectivity index is 2.63. The van der Waals surface area contributed by atoms with E-state index in [-0.39, 0.29) is 11.9 Å². The molecule has 1 aromatic carbocycles. The molecule has 0 aliphatic heterocycles. The van der Waals surface area contributed by atoms with Crippen molar-refractivity contribution in [3.63, 3.8) is 0 Å². The van der Waals surface area contributed by atoms with E-state index in [1.807, 2.05) is 35.2 Å². The van der Waals surface area contributed by atoms with Gasteiger partial charge >= 0.3 is 0 Å². The van der Waals surface area contributed by atoms with Gasteiger partial charge in [-0.15, -0.1) is 0 Å². The Kier molecular flexibility index (Phi) is 6.85. The molecule has 3 nitrogen and oxygen atoms in total. The molecule has 0 aliphatic carbocycles. The molecule has 0 aromatic heterocycles. The summed E-state index contributed by atoms with van der Waals surface area (Å²) in [6.45, 7) is 7.11. The lowest BCUT2D eigenvalue weighted by molar-refractivity contribution is -0.127. The predicted octanol–water partition coefficient (Wildman–Crippen LogP) is 3.71. The first-order valence-electron chi connectivity index (χ1n) is 7.38. The van der Waals surface area contributed by atoms with E-state index in [2.05, 4.69) is 20.8 Å². The summed E-state index contributed by atoms with van der Waals surface area (Å²) < 4.78 is 0. The normalized spacial score (nSPS) is 11.2. The van der Waals surface area contributed by atoms with Crippen LogP contribution in [0.5, 0.6) is 0 Å². The zero-order valence-corrected chi connectivity index (χ0v) is 12.8. The second-order valence-electron chi connectivity index (χ2n) is 5.33. The van der Waals surface area contributed by atoms with Crippen LogP contribution in [0.15, 0.2) is 30.3 Å². The van der Waals surface area contributed by atoms with Crippen molar-refractivity contribution >= 4 is 17.7 Å². The lowest BCUT2D eigenvalue weighted by Gasteiger charge is -2.25. The molecular weight excluding hydrogens is 248 g/mol. The molecule has 0 atom stereocenters. The van der Waals surface area contributed by atoms with Crippen molar-refractivity contribution in [2.75, 3.05) is 12.3 Å². The number of carbonyl (C=O) groups excluding carboxylic acids is 1. The molecule has 0 heterocycles. The number of unbranched alkanes of at least 4 members (excludes halogenated alkanes) is 2. The van der Waals surface area contributed by atoms with Crippen molar-refractivity contribution in [1.82, 2.24) is 4.90 Å². The van der Waals surface area contributed by atoms with Crippen molar-refractivity contribution in [3.8, 4) is 0 Å². The maximum Gasteiger partial charge on any atom is 0.246 e. The predicted molar refractivity (Wildman–Crippen MR) is 86.3 cm³/mol. The number of anilines is 1. The van der Waals surface area contributed by atoms with E-state index in [0.717, 1.165) is 30.6 Å². The zero-order chi connectivity index (χ0) is 15.0. The first-order valence-corrected chi connectivity index (χ1v) is 7.38. The molecule has 0 radical (unpaired) electrons. The van der Waals surface area contributed by atoms with E-state index >= 15 is 0 Å². The molecule has 0 saturated heterocycles. The third-order valence-corrected chi connectivity index (χ3v) is 3.26. The number of nitrogens with two attached hydrogens (primary N) is 1. The molecule has 0 unspecified atom stereocenters. The van der Waals surface area contributed by atoms with Gasteiger partial charge in [-0.2, -0.15) is 0 Å². The van der Waals surface area contributed by atoms with Crippen molar-refractivity contribution in [2.45, 2.75) is 46.1 Å². The van der Waals surface area contributed by atoms with Crippen LogP contribution in [0.4, 0.5) is 5.69 Å². The first-order chi connectivity index (χ1) is 9.54. The Morgan fingerprint density at radius 1 is 1.25 bits per heavy atom. The molecule has 1 aromatic rings. The minimum absolute atomic E-state index is 0.0768.